The first-order chi connectivity index (χ1) is 22.8. The van der Waals surface area contributed by atoms with Crippen LogP contribution in [-0.4, -0.2) is 53.9 Å². The lowest BCUT2D eigenvalue weighted by atomic mass is 9.63. The van der Waals surface area contributed by atoms with E-state index >= 15 is 0 Å². The number of aryl methyl sites for hydroxylation is 1. The minimum Gasteiger partial charge on any atom is -0.490 e. The van der Waals surface area contributed by atoms with E-state index in [1.165, 1.54) is 11.1 Å². The summed E-state index contributed by atoms with van der Waals surface area (Å²) in [5, 5.41) is 12.7. The molecule has 2 aromatic carbocycles. The van der Waals surface area contributed by atoms with Gasteiger partial charge in [0.05, 0.1) is 29.4 Å². The number of ether oxygens (including phenoxy) is 1. The van der Waals surface area contributed by atoms with Crippen LogP contribution in [0.1, 0.15) is 73.1 Å². The number of aromatic nitrogens is 2. The van der Waals surface area contributed by atoms with Crippen LogP contribution < -0.4 is 14.4 Å². The molecule has 2 N–H and O–H groups in total. The van der Waals surface area contributed by atoms with Crippen molar-refractivity contribution in [3.63, 3.8) is 0 Å². The van der Waals surface area contributed by atoms with Crippen LogP contribution in [0.4, 0.5) is 5.69 Å². The van der Waals surface area contributed by atoms with Gasteiger partial charge in [0, 0.05) is 42.1 Å². The second-order valence-electron chi connectivity index (χ2n) is 14.3. The topological polar surface area (TPSA) is 114 Å². The van der Waals surface area contributed by atoms with Crippen molar-refractivity contribution in [2.75, 3.05) is 24.6 Å². The van der Waals surface area contributed by atoms with E-state index in [-0.39, 0.29) is 34.0 Å². The maximum absolute atomic E-state index is 13.5. The Kier molecular flexibility index (Phi) is 8.62. The Balaban J connectivity index is 1.36. The molecule has 1 spiro atoms. The summed E-state index contributed by atoms with van der Waals surface area (Å²) in [7, 11) is -2.22. The average Bonchev–Trinajstić information content (AvgIpc) is 3.29. The van der Waals surface area contributed by atoms with Crippen LogP contribution >= 0.6 is 23.2 Å². The van der Waals surface area contributed by atoms with Crippen molar-refractivity contribution in [2.45, 2.75) is 68.6 Å². The summed E-state index contributed by atoms with van der Waals surface area (Å²) in [4.78, 5) is 20.1. The van der Waals surface area contributed by atoms with Crippen molar-refractivity contribution in [1.29, 1.82) is 0 Å². The molecular weight excluding hydrogens is 671 g/mol. The predicted octanol–water partition coefficient (Wildman–Crippen LogP) is 6.16. The molecule has 256 valence electrons. The normalized spacial score (nSPS) is 32.2. The molecule has 48 heavy (non-hydrogen) atoms. The number of nitrogens with one attached hydrogen (secondary N) is 1. The predicted molar refractivity (Wildman–Crippen MR) is 187 cm³/mol. The van der Waals surface area contributed by atoms with Gasteiger partial charge in [-0.2, -0.15) is 0 Å². The summed E-state index contributed by atoms with van der Waals surface area (Å²) >= 11 is 12.8. The fourth-order valence-electron chi connectivity index (χ4n) is 8.30. The minimum atomic E-state index is -4.01. The Hall–Kier alpha value is -3.05. The Morgan fingerprint density at radius 2 is 1.94 bits per heavy atom. The third-order valence-electron chi connectivity index (χ3n) is 11.5. The number of aliphatic hydroxyl groups is 1. The quantitative estimate of drug-likeness (QED) is 0.291. The minimum absolute atomic E-state index is 0.0896. The van der Waals surface area contributed by atoms with Gasteiger partial charge in [0.25, 0.3) is 5.91 Å². The molecular formula is C36H42Cl2N4O5S. The van der Waals surface area contributed by atoms with Gasteiger partial charge in [0.2, 0.25) is 15.3 Å². The largest absolute Gasteiger partial charge is 0.490 e. The van der Waals surface area contributed by atoms with E-state index in [1.54, 1.807) is 49.0 Å². The Labute approximate surface area is 292 Å². The van der Waals surface area contributed by atoms with Crippen LogP contribution in [0.25, 0.3) is 0 Å². The number of fused-ring (bicyclic) bond motifs is 4. The lowest BCUT2D eigenvalue weighted by Crippen LogP contribution is -2.52. The average molecular weight is 714 g/mol. The molecule has 4 aliphatic rings. The molecule has 2 aliphatic heterocycles. The van der Waals surface area contributed by atoms with Crippen molar-refractivity contribution in [1.82, 2.24) is 14.3 Å². The van der Waals surface area contributed by atoms with Gasteiger partial charge >= 0.3 is 0 Å². The SMILES string of the molecule is C[C@@H]1[C@@H](C)C/C=C\[C@@](O)(c2cnc(Cl)n2C)[C@@H]2CC[C@H]2CN2C[C@@]3(CCCc4cc(Cl)ccc43)COc3ccc(cc32)C(=O)NS1(=O)=O. The standard InChI is InChI=1S/C36H42Cl2N4O5S/c1-22-6-4-15-36(44,32-18-39-34(38)41(32)3)29-11-8-26(29)19-42-20-35(14-5-7-24-16-27(37)10-12-28(24)35)21-47-31-13-9-25(17-30(31)42)33(43)40-48(45,46)23(22)2/h4,9-10,12-13,15-18,22-23,26,29,44H,5-8,11,14,19-21H2,1-3H3,(H,40,43)/b15-4-/t22-,23+,26-,29+,35-,36-/m0/s1. The molecule has 2 bridgehead atoms. The maximum Gasteiger partial charge on any atom is 0.264 e. The lowest BCUT2D eigenvalue weighted by Gasteiger charge is -2.49. The van der Waals surface area contributed by atoms with Crippen molar-refractivity contribution < 1.29 is 23.1 Å². The Morgan fingerprint density at radius 3 is 2.67 bits per heavy atom. The second kappa shape index (κ2) is 12.4. The highest BCUT2D eigenvalue weighted by Gasteiger charge is 2.50. The number of imidazole rings is 1. The highest BCUT2D eigenvalue weighted by Crippen LogP contribution is 2.51. The molecule has 1 saturated carbocycles. The van der Waals surface area contributed by atoms with Crippen molar-refractivity contribution in [3.05, 3.63) is 87.4 Å². The fourth-order valence-corrected chi connectivity index (χ4v) is 9.92. The van der Waals surface area contributed by atoms with E-state index in [4.69, 9.17) is 27.9 Å². The number of hydrogen-bond acceptors (Lipinski definition) is 7. The summed E-state index contributed by atoms with van der Waals surface area (Å²) < 4.78 is 37.5. The summed E-state index contributed by atoms with van der Waals surface area (Å²) in [6, 6.07) is 11.3. The van der Waals surface area contributed by atoms with Crippen molar-refractivity contribution in [3.8, 4) is 5.75 Å². The number of amides is 1. The number of carbonyl (C=O) groups excluding carboxylic acids is 1. The molecule has 0 unspecified atom stereocenters. The van der Waals surface area contributed by atoms with Crippen molar-refractivity contribution >= 4 is 44.8 Å². The number of hydrogen-bond donors (Lipinski definition) is 2. The third kappa shape index (κ3) is 5.72. The first kappa shape index (κ1) is 33.4. The molecule has 1 amide bonds. The summed E-state index contributed by atoms with van der Waals surface area (Å²) in [5.74, 6) is -0.430. The smallest absolute Gasteiger partial charge is 0.264 e. The third-order valence-corrected chi connectivity index (χ3v) is 14.0. The van der Waals surface area contributed by atoms with Gasteiger partial charge in [0.1, 0.15) is 11.4 Å². The van der Waals surface area contributed by atoms with E-state index in [0.717, 1.165) is 37.8 Å². The highest BCUT2D eigenvalue weighted by molar-refractivity contribution is 7.90. The van der Waals surface area contributed by atoms with Gasteiger partial charge in [0.15, 0.2) is 0 Å². The Bertz CT molecular complexity index is 1900. The molecule has 3 heterocycles. The summed E-state index contributed by atoms with van der Waals surface area (Å²) in [6.45, 7) is 5.12. The molecule has 12 heteroatoms. The molecule has 1 aromatic heterocycles. The van der Waals surface area contributed by atoms with E-state index in [1.807, 2.05) is 19.1 Å². The molecule has 1 fully saturated rings. The van der Waals surface area contributed by atoms with Gasteiger partial charge in [-0.1, -0.05) is 36.7 Å². The fraction of sp³-hybridized carbons (Fsp3) is 0.500. The molecule has 9 nitrogen and oxygen atoms in total. The summed E-state index contributed by atoms with van der Waals surface area (Å²) in [5.41, 5.74) is 2.30. The van der Waals surface area contributed by atoms with Gasteiger partial charge in [-0.05, 0) is 110 Å². The number of anilines is 1. The van der Waals surface area contributed by atoms with Gasteiger partial charge < -0.3 is 19.3 Å². The number of halogens is 2. The monoisotopic (exact) mass is 712 g/mol. The number of sulfonamides is 1. The second-order valence-corrected chi connectivity index (χ2v) is 17.1. The number of carbonyl (C=O) groups is 1. The van der Waals surface area contributed by atoms with Crippen LogP contribution in [-0.2, 0) is 34.5 Å². The zero-order chi connectivity index (χ0) is 34.0. The molecule has 7 rings (SSSR count). The van der Waals surface area contributed by atoms with Crippen molar-refractivity contribution in [2.24, 2.45) is 24.8 Å². The molecule has 0 saturated heterocycles. The van der Waals surface area contributed by atoms with Crippen LogP contribution in [0.3, 0.4) is 0 Å². The van der Waals surface area contributed by atoms with Gasteiger partial charge in [-0.15, -0.1) is 0 Å². The molecule has 2 aliphatic carbocycles. The lowest BCUT2D eigenvalue weighted by molar-refractivity contribution is -0.0546. The molecule has 6 atom stereocenters. The molecule has 3 aromatic rings. The zero-order valence-electron chi connectivity index (χ0n) is 27.5. The maximum atomic E-state index is 13.5. The number of rotatable bonds is 1. The number of nitrogens with zero attached hydrogens (tertiary/aromatic N) is 3. The molecule has 0 radical (unpaired) electrons. The number of benzene rings is 2. The first-order valence-electron chi connectivity index (χ1n) is 16.8. The van der Waals surface area contributed by atoms with E-state index in [2.05, 4.69) is 26.7 Å². The highest BCUT2D eigenvalue weighted by atomic mass is 35.5. The van der Waals surface area contributed by atoms with Crippen LogP contribution in [0.2, 0.25) is 10.3 Å². The zero-order valence-corrected chi connectivity index (χ0v) is 29.8. The van der Waals surface area contributed by atoms with Crippen LogP contribution in [0.15, 0.2) is 54.7 Å². The van der Waals surface area contributed by atoms with E-state index in [9.17, 15) is 18.3 Å². The van der Waals surface area contributed by atoms with Crippen LogP contribution in [0.5, 0.6) is 5.75 Å². The van der Waals surface area contributed by atoms with Gasteiger partial charge in [-0.3, -0.25) is 4.79 Å². The number of allylic oxidation sites excluding steroid dienone is 1. The van der Waals surface area contributed by atoms with Crippen LogP contribution in [0, 0.1) is 17.8 Å². The van der Waals surface area contributed by atoms with E-state index in [0.29, 0.717) is 42.6 Å². The summed E-state index contributed by atoms with van der Waals surface area (Å²) in [6.07, 6.45) is 10.2. The Morgan fingerprint density at radius 1 is 1.12 bits per heavy atom. The first-order valence-corrected chi connectivity index (χ1v) is 19.1. The van der Waals surface area contributed by atoms with Gasteiger partial charge in [-0.25, -0.2) is 18.1 Å². The van der Waals surface area contributed by atoms with E-state index < -0.39 is 26.8 Å².